The highest BCUT2D eigenvalue weighted by Gasteiger charge is 2.02. The zero-order chi connectivity index (χ0) is 11.1. The average Bonchev–Trinajstić information content (AvgIpc) is 2.23. The van der Waals surface area contributed by atoms with Gasteiger partial charge in [0.15, 0.2) is 0 Å². The van der Waals surface area contributed by atoms with Crippen LogP contribution in [0.1, 0.15) is 11.4 Å². The van der Waals surface area contributed by atoms with Crippen molar-refractivity contribution in [3.05, 3.63) is 23.5 Å². The number of pyridine rings is 1. The van der Waals surface area contributed by atoms with E-state index in [0.717, 1.165) is 5.69 Å². The van der Waals surface area contributed by atoms with Crippen LogP contribution in [0.4, 0.5) is 0 Å². The summed E-state index contributed by atoms with van der Waals surface area (Å²) in [6.07, 6.45) is 0. The van der Waals surface area contributed by atoms with Gasteiger partial charge in [0.1, 0.15) is 5.75 Å². The molecule has 0 fully saturated rings. The average molecular weight is 212 g/mol. The van der Waals surface area contributed by atoms with Crippen molar-refractivity contribution in [1.82, 2.24) is 10.5 Å². The highest BCUT2D eigenvalue weighted by atomic mass is 16.7. The van der Waals surface area contributed by atoms with Gasteiger partial charge in [-0.05, 0) is 19.1 Å². The SMILES string of the molecule is COCCONCc1nc(C)ccc1O. The van der Waals surface area contributed by atoms with E-state index < -0.39 is 0 Å². The number of hydrogen-bond acceptors (Lipinski definition) is 5. The summed E-state index contributed by atoms with van der Waals surface area (Å²) in [7, 11) is 1.61. The van der Waals surface area contributed by atoms with Crippen LogP contribution in [0.5, 0.6) is 5.75 Å². The van der Waals surface area contributed by atoms with Crippen LogP contribution in [0, 0.1) is 6.92 Å². The highest BCUT2D eigenvalue weighted by molar-refractivity contribution is 5.27. The minimum absolute atomic E-state index is 0.170. The first kappa shape index (κ1) is 11.9. The summed E-state index contributed by atoms with van der Waals surface area (Å²) >= 11 is 0. The molecule has 84 valence electrons. The van der Waals surface area contributed by atoms with E-state index in [0.29, 0.717) is 25.5 Å². The van der Waals surface area contributed by atoms with Crippen molar-refractivity contribution in [3.8, 4) is 5.75 Å². The van der Waals surface area contributed by atoms with Crippen LogP contribution in [0.2, 0.25) is 0 Å². The third-order valence-electron chi connectivity index (χ3n) is 1.82. The van der Waals surface area contributed by atoms with Crippen molar-refractivity contribution < 1.29 is 14.7 Å². The number of aromatic nitrogens is 1. The summed E-state index contributed by atoms with van der Waals surface area (Å²) in [6.45, 7) is 3.23. The molecular formula is C10H16N2O3. The van der Waals surface area contributed by atoms with E-state index in [1.54, 1.807) is 19.2 Å². The summed E-state index contributed by atoms with van der Waals surface area (Å²) in [4.78, 5) is 9.21. The van der Waals surface area contributed by atoms with Crippen LogP contribution < -0.4 is 5.48 Å². The van der Waals surface area contributed by atoms with E-state index in [-0.39, 0.29) is 5.75 Å². The second-order valence-electron chi connectivity index (χ2n) is 3.08. The van der Waals surface area contributed by atoms with Gasteiger partial charge in [-0.25, -0.2) is 0 Å². The number of hydroxylamine groups is 1. The number of aryl methyl sites for hydroxylation is 1. The summed E-state index contributed by atoms with van der Waals surface area (Å²) in [5.74, 6) is 0.170. The summed E-state index contributed by atoms with van der Waals surface area (Å²) in [5, 5.41) is 9.45. The van der Waals surface area contributed by atoms with Crippen LogP contribution in [-0.2, 0) is 16.1 Å². The number of rotatable bonds is 6. The Hall–Kier alpha value is -1.17. The van der Waals surface area contributed by atoms with E-state index in [2.05, 4.69) is 10.5 Å². The lowest BCUT2D eigenvalue weighted by molar-refractivity contribution is 0.00270. The molecule has 0 bridgehead atoms. The van der Waals surface area contributed by atoms with Crippen LogP contribution >= 0.6 is 0 Å². The first-order valence-electron chi connectivity index (χ1n) is 4.73. The molecule has 1 heterocycles. The zero-order valence-corrected chi connectivity index (χ0v) is 8.99. The molecule has 5 nitrogen and oxygen atoms in total. The van der Waals surface area contributed by atoms with Crippen LogP contribution in [0.3, 0.4) is 0 Å². The number of aromatic hydroxyl groups is 1. The quantitative estimate of drug-likeness (QED) is 0.538. The molecule has 0 amide bonds. The molecule has 0 aromatic carbocycles. The largest absolute Gasteiger partial charge is 0.506 e. The summed E-state index contributed by atoms with van der Waals surface area (Å²) in [6, 6.07) is 3.37. The smallest absolute Gasteiger partial charge is 0.138 e. The second-order valence-corrected chi connectivity index (χ2v) is 3.08. The van der Waals surface area contributed by atoms with Gasteiger partial charge in [-0.3, -0.25) is 9.82 Å². The molecule has 15 heavy (non-hydrogen) atoms. The molecule has 0 unspecified atom stereocenters. The molecule has 0 aliphatic heterocycles. The Balaban J connectivity index is 2.33. The number of methoxy groups -OCH3 is 1. The van der Waals surface area contributed by atoms with Gasteiger partial charge in [-0.2, -0.15) is 5.48 Å². The Kier molecular flexibility index (Phi) is 5.03. The van der Waals surface area contributed by atoms with E-state index in [9.17, 15) is 5.11 Å². The van der Waals surface area contributed by atoms with Crippen LogP contribution in [0.15, 0.2) is 12.1 Å². The Morgan fingerprint density at radius 2 is 2.20 bits per heavy atom. The van der Waals surface area contributed by atoms with Crippen molar-refractivity contribution in [2.45, 2.75) is 13.5 Å². The number of nitrogens with one attached hydrogen (secondary N) is 1. The van der Waals surface area contributed by atoms with Crippen molar-refractivity contribution >= 4 is 0 Å². The summed E-state index contributed by atoms with van der Waals surface area (Å²) < 4.78 is 4.81. The highest BCUT2D eigenvalue weighted by Crippen LogP contribution is 2.13. The maximum Gasteiger partial charge on any atom is 0.138 e. The topological polar surface area (TPSA) is 63.6 Å². The first-order chi connectivity index (χ1) is 7.24. The minimum Gasteiger partial charge on any atom is -0.506 e. The molecule has 1 aromatic rings. The third-order valence-corrected chi connectivity index (χ3v) is 1.82. The number of hydrogen-bond donors (Lipinski definition) is 2. The standard InChI is InChI=1S/C10H16N2O3/c1-8-3-4-10(13)9(12-8)7-11-15-6-5-14-2/h3-4,11,13H,5-7H2,1-2H3. The molecule has 0 saturated carbocycles. The van der Waals surface area contributed by atoms with Gasteiger partial charge in [-0.15, -0.1) is 0 Å². The fourth-order valence-corrected chi connectivity index (χ4v) is 1.05. The Morgan fingerprint density at radius 1 is 1.40 bits per heavy atom. The van der Waals surface area contributed by atoms with Gasteiger partial charge < -0.3 is 9.84 Å². The molecular weight excluding hydrogens is 196 g/mol. The molecule has 0 saturated heterocycles. The Bertz CT molecular complexity index is 305. The molecule has 2 N–H and O–H groups in total. The van der Waals surface area contributed by atoms with Crippen LogP contribution in [-0.4, -0.2) is 30.4 Å². The molecule has 0 radical (unpaired) electrons. The van der Waals surface area contributed by atoms with E-state index in [1.807, 2.05) is 6.92 Å². The fourth-order valence-electron chi connectivity index (χ4n) is 1.05. The van der Waals surface area contributed by atoms with Gasteiger partial charge in [0.25, 0.3) is 0 Å². The monoisotopic (exact) mass is 212 g/mol. The molecule has 0 aliphatic carbocycles. The van der Waals surface area contributed by atoms with Gasteiger partial charge in [0.2, 0.25) is 0 Å². The number of nitrogens with zero attached hydrogens (tertiary/aromatic N) is 1. The lowest BCUT2D eigenvalue weighted by atomic mass is 10.3. The predicted molar refractivity (Wildman–Crippen MR) is 55.3 cm³/mol. The maximum atomic E-state index is 9.45. The predicted octanol–water partition coefficient (Wildman–Crippen LogP) is 0.763. The molecule has 0 spiro atoms. The zero-order valence-electron chi connectivity index (χ0n) is 8.99. The minimum atomic E-state index is 0.170. The van der Waals surface area contributed by atoms with Gasteiger partial charge in [-0.1, -0.05) is 0 Å². The molecule has 1 rings (SSSR count). The van der Waals surface area contributed by atoms with Crippen molar-refractivity contribution in [3.63, 3.8) is 0 Å². The van der Waals surface area contributed by atoms with Crippen molar-refractivity contribution in [1.29, 1.82) is 0 Å². The molecule has 0 aliphatic rings. The molecule has 0 atom stereocenters. The first-order valence-corrected chi connectivity index (χ1v) is 4.73. The lowest BCUT2D eigenvalue weighted by Gasteiger charge is -2.06. The van der Waals surface area contributed by atoms with E-state index in [1.165, 1.54) is 0 Å². The van der Waals surface area contributed by atoms with Crippen molar-refractivity contribution in [2.24, 2.45) is 0 Å². The third kappa shape index (κ3) is 4.24. The Labute approximate surface area is 89.0 Å². The van der Waals surface area contributed by atoms with Gasteiger partial charge in [0.05, 0.1) is 25.5 Å². The van der Waals surface area contributed by atoms with Crippen molar-refractivity contribution in [2.75, 3.05) is 20.3 Å². The second kappa shape index (κ2) is 6.34. The molecule has 5 heteroatoms. The van der Waals surface area contributed by atoms with E-state index >= 15 is 0 Å². The Morgan fingerprint density at radius 3 is 2.93 bits per heavy atom. The van der Waals surface area contributed by atoms with Gasteiger partial charge in [0, 0.05) is 12.8 Å². The summed E-state index contributed by atoms with van der Waals surface area (Å²) in [5.41, 5.74) is 4.14. The normalized spacial score (nSPS) is 10.5. The maximum absolute atomic E-state index is 9.45. The van der Waals surface area contributed by atoms with Gasteiger partial charge >= 0.3 is 0 Å². The molecule has 1 aromatic heterocycles. The fraction of sp³-hybridized carbons (Fsp3) is 0.500. The van der Waals surface area contributed by atoms with Crippen LogP contribution in [0.25, 0.3) is 0 Å². The lowest BCUT2D eigenvalue weighted by Crippen LogP contribution is -2.18. The number of ether oxygens (including phenoxy) is 1. The van der Waals surface area contributed by atoms with E-state index in [4.69, 9.17) is 9.57 Å².